The summed E-state index contributed by atoms with van der Waals surface area (Å²) in [6, 6.07) is 0. The predicted octanol–water partition coefficient (Wildman–Crippen LogP) is 2.58. The molecule has 1 atom stereocenters. The fourth-order valence-electron chi connectivity index (χ4n) is 1.70. The fraction of sp³-hybridized carbons (Fsp3) is 0.923. The van der Waals surface area contributed by atoms with Gasteiger partial charge < -0.3 is 9.74 Å². The minimum atomic E-state index is -1.80. The van der Waals surface area contributed by atoms with Crippen LogP contribution in [0.3, 0.4) is 0 Å². The molecular formula is C13H27NO2Si. The van der Waals surface area contributed by atoms with Gasteiger partial charge in [0.25, 0.3) is 0 Å². The van der Waals surface area contributed by atoms with Gasteiger partial charge in [0.2, 0.25) is 0 Å². The molecule has 0 bridgehead atoms. The molecule has 4 heteroatoms. The molecule has 3 nitrogen and oxygen atoms in total. The lowest BCUT2D eigenvalue weighted by atomic mass is 9.80. The summed E-state index contributed by atoms with van der Waals surface area (Å²) in [5, 5.41) is 3.35. The number of hydrogen-bond acceptors (Lipinski definition) is 3. The van der Waals surface area contributed by atoms with Gasteiger partial charge >= 0.3 is 0 Å². The summed E-state index contributed by atoms with van der Waals surface area (Å²) in [6.45, 7) is 16.4. The normalized spacial score (nSPS) is 26.1. The van der Waals surface area contributed by atoms with Gasteiger partial charge in [-0.05, 0) is 18.1 Å². The van der Waals surface area contributed by atoms with Crippen LogP contribution in [0.1, 0.15) is 34.6 Å². The van der Waals surface area contributed by atoms with E-state index < -0.39 is 8.32 Å². The first-order valence-corrected chi connectivity index (χ1v) is 9.31. The maximum atomic E-state index is 11.9. The molecule has 1 N–H and O–H groups in total. The molecule has 1 aliphatic heterocycles. The van der Waals surface area contributed by atoms with Crippen molar-refractivity contribution in [1.29, 1.82) is 0 Å². The quantitative estimate of drug-likeness (QED) is 0.773. The number of nitrogens with one attached hydrogen (secondary N) is 1. The monoisotopic (exact) mass is 257 g/mol. The van der Waals surface area contributed by atoms with E-state index >= 15 is 0 Å². The topological polar surface area (TPSA) is 38.3 Å². The average Bonchev–Trinajstić information content (AvgIpc) is 2.11. The molecule has 0 saturated carbocycles. The third-order valence-corrected chi connectivity index (χ3v) is 8.87. The van der Waals surface area contributed by atoms with Crippen LogP contribution in [0.2, 0.25) is 18.1 Å². The van der Waals surface area contributed by atoms with E-state index in [1.54, 1.807) is 0 Å². The Balaban J connectivity index is 2.84. The largest absolute Gasteiger partial charge is 0.412 e. The van der Waals surface area contributed by atoms with E-state index in [9.17, 15) is 4.79 Å². The summed E-state index contributed by atoms with van der Waals surface area (Å²) < 4.78 is 6.38. The van der Waals surface area contributed by atoms with Gasteiger partial charge in [-0.15, -0.1) is 0 Å². The first-order chi connectivity index (χ1) is 7.48. The van der Waals surface area contributed by atoms with Crippen LogP contribution in [0.4, 0.5) is 0 Å². The second kappa shape index (κ2) is 4.48. The highest BCUT2D eigenvalue weighted by atomic mass is 28.4. The van der Waals surface area contributed by atoms with Gasteiger partial charge in [-0.3, -0.25) is 4.79 Å². The van der Waals surface area contributed by atoms with Crippen LogP contribution in [0.25, 0.3) is 0 Å². The average molecular weight is 257 g/mol. The molecule has 0 aromatic rings. The van der Waals surface area contributed by atoms with Crippen molar-refractivity contribution in [3.8, 4) is 0 Å². The predicted molar refractivity (Wildman–Crippen MR) is 73.7 cm³/mol. The Kier molecular flexibility index (Phi) is 3.92. The van der Waals surface area contributed by atoms with E-state index in [0.717, 1.165) is 6.54 Å². The van der Waals surface area contributed by atoms with Crippen LogP contribution < -0.4 is 5.32 Å². The lowest BCUT2D eigenvalue weighted by Crippen LogP contribution is -2.58. The van der Waals surface area contributed by atoms with Crippen LogP contribution in [0.15, 0.2) is 0 Å². The van der Waals surface area contributed by atoms with Crippen molar-refractivity contribution in [3.63, 3.8) is 0 Å². The zero-order chi connectivity index (χ0) is 13.5. The molecule has 0 amide bonds. The molecule has 0 radical (unpaired) electrons. The van der Waals surface area contributed by atoms with Crippen molar-refractivity contribution >= 4 is 14.1 Å². The van der Waals surface area contributed by atoms with Crippen molar-refractivity contribution < 1.29 is 9.22 Å². The molecule has 0 aromatic carbocycles. The second-order valence-corrected chi connectivity index (χ2v) is 11.9. The van der Waals surface area contributed by atoms with E-state index in [1.807, 2.05) is 13.8 Å². The van der Waals surface area contributed by atoms with Crippen molar-refractivity contribution in [2.45, 2.75) is 58.9 Å². The molecule has 0 spiro atoms. The summed E-state index contributed by atoms with van der Waals surface area (Å²) in [6.07, 6.45) is 0.00430. The molecule has 100 valence electrons. The van der Waals surface area contributed by atoms with Crippen LogP contribution in [0, 0.1) is 5.41 Å². The number of rotatable bonds is 2. The van der Waals surface area contributed by atoms with Crippen molar-refractivity contribution in [2.24, 2.45) is 5.41 Å². The van der Waals surface area contributed by atoms with Gasteiger partial charge in [-0.2, -0.15) is 0 Å². The smallest absolute Gasteiger partial charge is 0.192 e. The molecule has 1 aliphatic rings. The highest BCUT2D eigenvalue weighted by Crippen LogP contribution is 2.40. The number of carbonyl (C=O) groups is 1. The Bertz CT molecular complexity index is 305. The third-order valence-electron chi connectivity index (χ3n) is 4.38. The first-order valence-electron chi connectivity index (χ1n) is 6.40. The first kappa shape index (κ1) is 14.9. The van der Waals surface area contributed by atoms with Gasteiger partial charge in [-0.1, -0.05) is 34.6 Å². The highest BCUT2D eigenvalue weighted by molar-refractivity contribution is 6.74. The number of ketones is 1. The Morgan fingerprint density at radius 3 is 2.35 bits per heavy atom. The highest BCUT2D eigenvalue weighted by Gasteiger charge is 2.46. The second-order valence-electron chi connectivity index (χ2n) is 7.14. The summed E-state index contributed by atoms with van der Waals surface area (Å²) >= 11 is 0. The van der Waals surface area contributed by atoms with E-state index in [2.05, 4.69) is 39.2 Å². The van der Waals surface area contributed by atoms with Crippen molar-refractivity contribution in [2.75, 3.05) is 13.1 Å². The molecule has 1 saturated heterocycles. The van der Waals surface area contributed by atoms with Crippen LogP contribution in [0.5, 0.6) is 0 Å². The van der Waals surface area contributed by atoms with Crippen LogP contribution in [-0.4, -0.2) is 33.3 Å². The molecule has 1 heterocycles. The molecule has 17 heavy (non-hydrogen) atoms. The molecule has 1 unspecified atom stereocenters. The summed E-state index contributed by atoms with van der Waals surface area (Å²) in [5.74, 6) is 0.257. The zero-order valence-corrected chi connectivity index (χ0v) is 13.3. The summed E-state index contributed by atoms with van der Waals surface area (Å²) in [7, 11) is -1.80. The Morgan fingerprint density at radius 1 is 1.35 bits per heavy atom. The van der Waals surface area contributed by atoms with E-state index in [-0.39, 0.29) is 22.3 Å². The van der Waals surface area contributed by atoms with Gasteiger partial charge in [0.05, 0.1) is 18.1 Å². The van der Waals surface area contributed by atoms with E-state index in [1.165, 1.54) is 0 Å². The van der Waals surface area contributed by atoms with Crippen LogP contribution in [-0.2, 0) is 9.22 Å². The van der Waals surface area contributed by atoms with E-state index in [4.69, 9.17) is 4.43 Å². The summed E-state index contributed by atoms with van der Waals surface area (Å²) in [5.41, 5.74) is -0.360. The van der Waals surface area contributed by atoms with Crippen molar-refractivity contribution in [3.05, 3.63) is 0 Å². The maximum absolute atomic E-state index is 11.9. The van der Waals surface area contributed by atoms with Gasteiger partial charge in [0.1, 0.15) is 0 Å². The van der Waals surface area contributed by atoms with Crippen LogP contribution >= 0.6 is 0 Å². The standard InChI is InChI=1S/C13H27NO2Si/c1-12(2,3)17(6,7)16-11-9-14-8-10(15)13(11,4)5/h11,14H,8-9H2,1-7H3. The SMILES string of the molecule is CC1(C)C(=O)CNCC1O[Si](C)(C)C(C)(C)C. The van der Waals surface area contributed by atoms with Gasteiger partial charge in [0, 0.05) is 6.54 Å². The maximum Gasteiger partial charge on any atom is 0.192 e. The summed E-state index contributed by atoms with van der Waals surface area (Å²) in [4.78, 5) is 11.9. The Labute approximate surface area is 106 Å². The molecule has 0 aromatic heterocycles. The van der Waals surface area contributed by atoms with Crippen molar-refractivity contribution in [1.82, 2.24) is 5.32 Å². The minimum absolute atomic E-state index is 0.00430. The minimum Gasteiger partial charge on any atom is -0.412 e. The lowest BCUT2D eigenvalue weighted by Gasteiger charge is -2.45. The fourth-order valence-corrected chi connectivity index (χ4v) is 3.14. The molecule has 0 aliphatic carbocycles. The third kappa shape index (κ3) is 2.98. The zero-order valence-electron chi connectivity index (χ0n) is 12.3. The number of hydrogen-bond donors (Lipinski definition) is 1. The van der Waals surface area contributed by atoms with Gasteiger partial charge in [0.15, 0.2) is 14.1 Å². The molecule has 1 rings (SSSR count). The van der Waals surface area contributed by atoms with Gasteiger partial charge in [-0.25, -0.2) is 0 Å². The Morgan fingerprint density at radius 2 is 1.88 bits per heavy atom. The Hall–Kier alpha value is -0.193. The molecular weight excluding hydrogens is 230 g/mol. The lowest BCUT2D eigenvalue weighted by molar-refractivity contribution is -0.134. The number of Topliss-reactive ketones (excluding diaryl/α,β-unsaturated/α-hetero) is 1. The number of carbonyl (C=O) groups excluding carboxylic acids is 1. The van der Waals surface area contributed by atoms with E-state index in [0.29, 0.717) is 6.54 Å². The molecule has 1 fully saturated rings. The number of piperidine rings is 1.